The van der Waals surface area contributed by atoms with E-state index in [0.29, 0.717) is 11.1 Å². The number of halogens is 1. The standard InChI is InChI=1S/C20H21FN4O4S/c1-12(2)30(27,28)11-16-22-19(14-8-9-17(26)25(4)10-14)24-20(23-16)29-18-13(3)6-5-7-15(18)21/h5-10,12H,11H2,1-4H3. The first-order chi connectivity index (χ1) is 14.1. The molecular formula is C20H21FN4O4S. The number of aromatic nitrogens is 4. The lowest BCUT2D eigenvalue weighted by Gasteiger charge is -2.12. The van der Waals surface area contributed by atoms with Crippen LogP contribution >= 0.6 is 0 Å². The monoisotopic (exact) mass is 432 g/mol. The van der Waals surface area contributed by atoms with Crippen LogP contribution in [-0.4, -0.2) is 33.2 Å². The van der Waals surface area contributed by atoms with E-state index in [4.69, 9.17) is 4.74 Å². The number of para-hydroxylation sites is 1. The third-order valence-electron chi connectivity index (χ3n) is 4.41. The number of sulfone groups is 1. The number of ether oxygens (including phenoxy) is 1. The van der Waals surface area contributed by atoms with E-state index in [2.05, 4.69) is 15.0 Å². The molecule has 30 heavy (non-hydrogen) atoms. The highest BCUT2D eigenvalue weighted by Gasteiger charge is 2.21. The predicted molar refractivity (Wildman–Crippen MR) is 109 cm³/mol. The molecule has 158 valence electrons. The minimum atomic E-state index is -3.51. The maximum atomic E-state index is 14.2. The molecule has 0 aliphatic heterocycles. The van der Waals surface area contributed by atoms with Crippen molar-refractivity contribution < 1.29 is 17.5 Å². The summed E-state index contributed by atoms with van der Waals surface area (Å²) in [5.74, 6) is -1.02. The maximum absolute atomic E-state index is 14.2. The van der Waals surface area contributed by atoms with Crippen molar-refractivity contribution in [1.82, 2.24) is 19.5 Å². The number of aryl methyl sites for hydroxylation is 2. The van der Waals surface area contributed by atoms with E-state index in [-0.39, 0.29) is 29.0 Å². The molecule has 0 fully saturated rings. The molecule has 0 N–H and O–H groups in total. The summed E-state index contributed by atoms with van der Waals surface area (Å²) in [5, 5.41) is -0.631. The van der Waals surface area contributed by atoms with Crippen molar-refractivity contribution in [3.8, 4) is 23.1 Å². The van der Waals surface area contributed by atoms with E-state index < -0.39 is 26.7 Å². The predicted octanol–water partition coefficient (Wildman–Crippen LogP) is 2.80. The van der Waals surface area contributed by atoms with E-state index in [0.717, 1.165) is 0 Å². The average molecular weight is 432 g/mol. The van der Waals surface area contributed by atoms with Gasteiger partial charge >= 0.3 is 6.01 Å². The van der Waals surface area contributed by atoms with Gasteiger partial charge in [-0.15, -0.1) is 0 Å². The van der Waals surface area contributed by atoms with Crippen molar-refractivity contribution in [2.45, 2.75) is 31.8 Å². The molecule has 0 atom stereocenters. The summed E-state index contributed by atoms with van der Waals surface area (Å²) >= 11 is 0. The lowest BCUT2D eigenvalue weighted by atomic mass is 10.2. The summed E-state index contributed by atoms with van der Waals surface area (Å²) in [6.45, 7) is 4.78. The minimum Gasteiger partial charge on any atom is -0.421 e. The molecule has 0 saturated heterocycles. The molecular weight excluding hydrogens is 411 g/mol. The van der Waals surface area contributed by atoms with Gasteiger partial charge in [-0.05, 0) is 38.5 Å². The second-order valence-corrected chi connectivity index (χ2v) is 9.63. The molecule has 0 bridgehead atoms. The Labute approximate surface area is 173 Å². The van der Waals surface area contributed by atoms with Crippen LogP contribution < -0.4 is 10.3 Å². The van der Waals surface area contributed by atoms with Crippen molar-refractivity contribution in [3.05, 3.63) is 64.1 Å². The fraction of sp³-hybridized carbons (Fsp3) is 0.300. The number of benzene rings is 1. The van der Waals surface area contributed by atoms with Crippen LogP contribution in [0.2, 0.25) is 0 Å². The first-order valence-corrected chi connectivity index (χ1v) is 10.8. The van der Waals surface area contributed by atoms with Gasteiger partial charge in [0.15, 0.2) is 33.1 Å². The quantitative estimate of drug-likeness (QED) is 0.590. The SMILES string of the molecule is Cc1cccc(F)c1Oc1nc(CS(=O)(=O)C(C)C)nc(-c2ccc(=O)n(C)c2)n1. The van der Waals surface area contributed by atoms with Gasteiger partial charge in [0.05, 0.1) is 5.25 Å². The lowest BCUT2D eigenvalue weighted by molar-refractivity contribution is 0.405. The zero-order valence-corrected chi connectivity index (χ0v) is 17.8. The number of pyridine rings is 1. The number of nitrogens with zero attached hydrogens (tertiary/aromatic N) is 4. The third-order valence-corrected chi connectivity index (χ3v) is 6.51. The highest BCUT2D eigenvalue weighted by atomic mass is 32.2. The molecule has 3 rings (SSSR count). The molecule has 0 aliphatic carbocycles. The molecule has 0 amide bonds. The number of hydrogen-bond donors (Lipinski definition) is 0. The molecule has 1 aromatic carbocycles. The molecule has 0 radical (unpaired) electrons. The second kappa shape index (κ2) is 8.31. The van der Waals surface area contributed by atoms with Crippen LogP contribution in [0.5, 0.6) is 11.8 Å². The topological polar surface area (TPSA) is 104 Å². The Morgan fingerprint density at radius 3 is 2.50 bits per heavy atom. The summed E-state index contributed by atoms with van der Waals surface area (Å²) in [4.78, 5) is 24.2. The van der Waals surface area contributed by atoms with Crippen LogP contribution in [-0.2, 0) is 22.6 Å². The van der Waals surface area contributed by atoms with Crippen molar-refractivity contribution in [1.29, 1.82) is 0 Å². The minimum absolute atomic E-state index is 0.0356. The zero-order valence-electron chi connectivity index (χ0n) is 17.0. The van der Waals surface area contributed by atoms with Gasteiger partial charge in [-0.25, -0.2) is 17.8 Å². The molecule has 0 unspecified atom stereocenters. The van der Waals surface area contributed by atoms with Crippen molar-refractivity contribution in [2.24, 2.45) is 7.05 Å². The van der Waals surface area contributed by atoms with E-state index in [9.17, 15) is 17.6 Å². The first-order valence-electron chi connectivity index (χ1n) is 9.13. The highest BCUT2D eigenvalue weighted by Crippen LogP contribution is 2.27. The highest BCUT2D eigenvalue weighted by molar-refractivity contribution is 7.91. The fourth-order valence-corrected chi connectivity index (χ4v) is 3.37. The largest absolute Gasteiger partial charge is 0.421 e. The van der Waals surface area contributed by atoms with Crippen LogP contribution in [0.25, 0.3) is 11.4 Å². The van der Waals surface area contributed by atoms with Crippen LogP contribution in [0, 0.1) is 12.7 Å². The van der Waals surface area contributed by atoms with Crippen LogP contribution in [0.3, 0.4) is 0 Å². The third kappa shape index (κ3) is 4.70. The maximum Gasteiger partial charge on any atom is 0.325 e. The van der Waals surface area contributed by atoms with Crippen LogP contribution in [0.1, 0.15) is 25.2 Å². The number of rotatable bonds is 6. The Hall–Kier alpha value is -3.14. The van der Waals surface area contributed by atoms with Crippen molar-refractivity contribution in [2.75, 3.05) is 0 Å². The Balaban J connectivity index is 2.12. The second-order valence-electron chi connectivity index (χ2n) is 7.07. The molecule has 2 heterocycles. The molecule has 3 aromatic rings. The fourth-order valence-electron chi connectivity index (χ4n) is 2.55. The Bertz CT molecular complexity index is 1240. The Morgan fingerprint density at radius 2 is 1.87 bits per heavy atom. The molecule has 0 aliphatic rings. The van der Waals surface area contributed by atoms with E-state index in [1.54, 1.807) is 40.0 Å². The number of hydrogen-bond acceptors (Lipinski definition) is 7. The van der Waals surface area contributed by atoms with Gasteiger partial charge < -0.3 is 9.30 Å². The molecule has 0 saturated carbocycles. The lowest BCUT2D eigenvalue weighted by Crippen LogP contribution is -2.18. The molecule has 8 nitrogen and oxygen atoms in total. The van der Waals surface area contributed by atoms with E-state index in [1.165, 1.54) is 29.0 Å². The molecule has 2 aromatic heterocycles. The summed E-state index contributed by atoms with van der Waals surface area (Å²) in [6, 6.07) is 7.05. The Kier molecular flexibility index (Phi) is 5.97. The first kappa shape index (κ1) is 21.6. The zero-order chi connectivity index (χ0) is 22.1. The van der Waals surface area contributed by atoms with Gasteiger partial charge in [0, 0.05) is 24.9 Å². The average Bonchev–Trinajstić information content (AvgIpc) is 2.66. The van der Waals surface area contributed by atoms with Gasteiger partial charge in [0.25, 0.3) is 0 Å². The van der Waals surface area contributed by atoms with Gasteiger partial charge in [0.1, 0.15) is 5.75 Å². The Morgan fingerprint density at radius 1 is 1.13 bits per heavy atom. The smallest absolute Gasteiger partial charge is 0.325 e. The summed E-state index contributed by atoms with van der Waals surface area (Å²) in [6.07, 6.45) is 1.51. The van der Waals surface area contributed by atoms with Crippen LogP contribution in [0.15, 0.2) is 41.3 Å². The molecule has 0 spiro atoms. The van der Waals surface area contributed by atoms with E-state index in [1.807, 2.05) is 0 Å². The van der Waals surface area contributed by atoms with Crippen molar-refractivity contribution >= 4 is 9.84 Å². The molecule has 10 heteroatoms. The summed E-state index contributed by atoms with van der Waals surface area (Å²) in [5.41, 5.74) is 0.752. The summed E-state index contributed by atoms with van der Waals surface area (Å²) < 4.78 is 45.9. The van der Waals surface area contributed by atoms with Gasteiger partial charge in [-0.3, -0.25) is 4.79 Å². The van der Waals surface area contributed by atoms with E-state index >= 15 is 0 Å². The van der Waals surface area contributed by atoms with Crippen molar-refractivity contribution in [3.63, 3.8) is 0 Å². The summed E-state index contributed by atoms with van der Waals surface area (Å²) in [7, 11) is -1.94. The van der Waals surface area contributed by atoms with Gasteiger partial charge in [-0.2, -0.15) is 9.97 Å². The van der Waals surface area contributed by atoms with Gasteiger partial charge in [0.2, 0.25) is 5.56 Å². The van der Waals surface area contributed by atoms with Gasteiger partial charge in [-0.1, -0.05) is 12.1 Å². The normalized spacial score (nSPS) is 11.7. The van der Waals surface area contributed by atoms with Crippen LogP contribution in [0.4, 0.5) is 4.39 Å².